The number of hydrogen-bond donors (Lipinski definition) is 4. The Balaban J connectivity index is 2.00. The van der Waals surface area contributed by atoms with Gasteiger partial charge < -0.3 is 14.6 Å². The second kappa shape index (κ2) is 11.5. The Morgan fingerprint density at radius 2 is 1.79 bits per heavy atom. The summed E-state index contributed by atoms with van der Waals surface area (Å²) in [6, 6.07) is 18.4. The van der Waals surface area contributed by atoms with Gasteiger partial charge in [0.25, 0.3) is 5.91 Å². The number of hydroxylamine groups is 1. The second-order valence-electron chi connectivity index (χ2n) is 7.11. The molecule has 3 aromatic rings. The summed E-state index contributed by atoms with van der Waals surface area (Å²) in [6.45, 7) is 1.98. The number of phenolic OH excluding ortho intramolecular Hbond substituents is 1. The minimum atomic E-state index is -1.02. The standard InChI is InChI=1S/C25H23N3O6/c1-2-33-22(13-14-23(30)28-32)24(20-11-12-21(29)19-6-4-3-5-18(19)20)34-25(31)27-17-9-7-16(15-26)8-10-17/h3-14,22,24,29,32H,2H2,1H3,(H,27,31)(H,28,30)/b14-13+/t22-,24-/m1/s1. The van der Waals surface area contributed by atoms with Crippen LogP contribution in [0.2, 0.25) is 0 Å². The number of anilines is 1. The van der Waals surface area contributed by atoms with Crippen LogP contribution in [0.4, 0.5) is 10.5 Å². The van der Waals surface area contributed by atoms with Gasteiger partial charge in [-0.05, 0) is 48.7 Å². The molecule has 0 spiro atoms. The molecule has 9 nitrogen and oxygen atoms in total. The summed E-state index contributed by atoms with van der Waals surface area (Å²) in [4.78, 5) is 24.4. The summed E-state index contributed by atoms with van der Waals surface area (Å²) in [6.07, 6.45) is -0.279. The lowest BCUT2D eigenvalue weighted by molar-refractivity contribution is -0.124. The first-order valence-electron chi connectivity index (χ1n) is 10.4. The Kier molecular flexibility index (Phi) is 8.18. The third-order valence-electron chi connectivity index (χ3n) is 4.94. The Morgan fingerprint density at radius 1 is 1.09 bits per heavy atom. The molecule has 0 aliphatic carbocycles. The maximum atomic E-state index is 12.8. The van der Waals surface area contributed by atoms with E-state index < -0.39 is 24.2 Å². The van der Waals surface area contributed by atoms with Crippen LogP contribution in [0, 0.1) is 11.3 Å². The molecule has 0 aliphatic heterocycles. The average molecular weight is 461 g/mol. The van der Waals surface area contributed by atoms with Crippen LogP contribution in [-0.4, -0.2) is 35.0 Å². The molecule has 3 aromatic carbocycles. The third-order valence-corrected chi connectivity index (χ3v) is 4.94. The molecule has 4 N–H and O–H groups in total. The second-order valence-corrected chi connectivity index (χ2v) is 7.11. The number of rotatable bonds is 8. The predicted molar refractivity (Wildman–Crippen MR) is 124 cm³/mol. The Hall–Kier alpha value is -4.39. The van der Waals surface area contributed by atoms with Crippen LogP contribution in [0.15, 0.2) is 72.8 Å². The molecule has 0 bridgehead atoms. The average Bonchev–Trinajstić information content (AvgIpc) is 2.86. The van der Waals surface area contributed by atoms with Gasteiger partial charge in [0.2, 0.25) is 0 Å². The van der Waals surface area contributed by atoms with Crippen LogP contribution in [-0.2, 0) is 14.3 Å². The summed E-state index contributed by atoms with van der Waals surface area (Å²) < 4.78 is 11.5. The van der Waals surface area contributed by atoms with Crippen molar-refractivity contribution in [2.45, 2.75) is 19.1 Å². The highest BCUT2D eigenvalue weighted by molar-refractivity contribution is 5.92. The first-order valence-corrected chi connectivity index (χ1v) is 10.4. The molecular weight excluding hydrogens is 438 g/mol. The number of nitrogens with zero attached hydrogens (tertiary/aromatic N) is 1. The molecule has 0 unspecified atom stereocenters. The monoisotopic (exact) mass is 461 g/mol. The van der Waals surface area contributed by atoms with Crippen molar-refractivity contribution in [1.29, 1.82) is 5.26 Å². The van der Waals surface area contributed by atoms with E-state index in [0.29, 0.717) is 27.6 Å². The number of phenols is 1. The van der Waals surface area contributed by atoms with E-state index in [-0.39, 0.29) is 12.4 Å². The van der Waals surface area contributed by atoms with Crippen LogP contribution < -0.4 is 10.8 Å². The van der Waals surface area contributed by atoms with Crippen LogP contribution in [0.1, 0.15) is 24.2 Å². The maximum Gasteiger partial charge on any atom is 0.412 e. The summed E-state index contributed by atoms with van der Waals surface area (Å²) in [5, 5.41) is 31.8. The Morgan fingerprint density at radius 3 is 2.44 bits per heavy atom. The van der Waals surface area contributed by atoms with Gasteiger partial charge >= 0.3 is 6.09 Å². The number of carbonyl (C=O) groups is 2. The largest absolute Gasteiger partial charge is 0.507 e. The lowest BCUT2D eigenvalue weighted by Crippen LogP contribution is -2.28. The number of amides is 2. The number of ether oxygens (including phenoxy) is 2. The zero-order valence-corrected chi connectivity index (χ0v) is 18.3. The van der Waals surface area contributed by atoms with Crippen LogP contribution >= 0.6 is 0 Å². The quantitative estimate of drug-likeness (QED) is 0.224. The molecular formula is C25H23N3O6. The topological polar surface area (TPSA) is 141 Å². The fourth-order valence-corrected chi connectivity index (χ4v) is 3.41. The smallest absolute Gasteiger partial charge is 0.412 e. The minimum Gasteiger partial charge on any atom is -0.507 e. The SMILES string of the molecule is CCO[C@H](/C=C/C(=O)NO)[C@H](OC(=O)Nc1ccc(C#N)cc1)c1ccc(O)c2ccccc12. The highest BCUT2D eigenvalue weighted by Gasteiger charge is 2.28. The number of hydrogen-bond acceptors (Lipinski definition) is 7. The minimum absolute atomic E-state index is 0.0586. The van der Waals surface area contributed by atoms with E-state index in [9.17, 15) is 14.7 Å². The van der Waals surface area contributed by atoms with Crippen molar-refractivity contribution in [3.05, 3.63) is 83.9 Å². The number of aromatic hydroxyl groups is 1. The van der Waals surface area contributed by atoms with Gasteiger partial charge in [0.15, 0.2) is 6.10 Å². The fourth-order valence-electron chi connectivity index (χ4n) is 3.41. The van der Waals surface area contributed by atoms with Crippen molar-refractivity contribution in [2.24, 2.45) is 0 Å². The molecule has 0 fully saturated rings. The third kappa shape index (κ3) is 5.89. The first kappa shape index (κ1) is 24.3. The first-order chi connectivity index (χ1) is 16.5. The van der Waals surface area contributed by atoms with E-state index in [4.69, 9.17) is 19.9 Å². The van der Waals surface area contributed by atoms with E-state index in [1.165, 1.54) is 17.6 Å². The van der Waals surface area contributed by atoms with E-state index in [1.54, 1.807) is 61.5 Å². The van der Waals surface area contributed by atoms with Crippen molar-refractivity contribution >= 4 is 28.5 Å². The number of carbonyl (C=O) groups excluding carboxylic acids is 2. The van der Waals surface area contributed by atoms with E-state index in [1.807, 2.05) is 6.07 Å². The molecule has 34 heavy (non-hydrogen) atoms. The van der Waals surface area contributed by atoms with Crippen LogP contribution in [0.25, 0.3) is 10.8 Å². The predicted octanol–water partition coefficient (Wildman–Crippen LogP) is 4.17. The summed E-state index contributed by atoms with van der Waals surface area (Å²) >= 11 is 0. The van der Waals surface area contributed by atoms with Gasteiger partial charge in [-0.1, -0.05) is 30.3 Å². The highest BCUT2D eigenvalue weighted by atomic mass is 16.6. The van der Waals surface area contributed by atoms with Gasteiger partial charge in [0, 0.05) is 29.3 Å². The summed E-state index contributed by atoms with van der Waals surface area (Å²) in [5.41, 5.74) is 2.90. The molecule has 0 saturated heterocycles. The van der Waals surface area contributed by atoms with E-state index in [2.05, 4.69) is 5.32 Å². The van der Waals surface area contributed by atoms with Crippen molar-refractivity contribution in [3.63, 3.8) is 0 Å². The maximum absolute atomic E-state index is 12.8. The molecule has 174 valence electrons. The number of benzene rings is 3. The van der Waals surface area contributed by atoms with Gasteiger partial charge in [0.05, 0.1) is 11.6 Å². The molecule has 0 heterocycles. The molecule has 0 aliphatic rings. The lowest BCUT2D eigenvalue weighted by atomic mass is 9.96. The van der Waals surface area contributed by atoms with Crippen LogP contribution in [0.5, 0.6) is 5.75 Å². The van der Waals surface area contributed by atoms with Gasteiger partial charge in [-0.25, -0.2) is 10.3 Å². The van der Waals surface area contributed by atoms with Gasteiger partial charge in [-0.2, -0.15) is 5.26 Å². The Bertz CT molecular complexity index is 1230. The number of fused-ring (bicyclic) bond motifs is 1. The molecule has 0 radical (unpaired) electrons. The van der Waals surface area contributed by atoms with Crippen molar-refractivity contribution < 1.29 is 29.4 Å². The zero-order chi connectivity index (χ0) is 24.5. The molecule has 3 rings (SSSR count). The molecule has 2 atom stereocenters. The van der Waals surface area contributed by atoms with Crippen molar-refractivity contribution in [1.82, 2.24) is 5.48 Å². The van der Waals surface area contributed by atoms with Gasteiger partial charge in [0.1, 0.15) is 11.9 Å². The van der Waals surface area contributed by atoms with E-state index in [0.717, 1.165) is 6.08 Å². The molecule has 2 amide bonds. The van der Waals surface area contributed by atoms with Gasteiger partial charge in [-0.3, -0.25) is 15.3 Å². The summed E-state index contributed by atoms with van der Waals surface area (Å²) in [7, 11) is 0. The van der Waals surface area contributed by atoms with Crippen molar-refractivity contribution in [2.75, 3.05) is 11.9 Å². The van der Waals surface area contributed by atoms with Crippen LogP contribution in [0.3, 0.4) is 0 Å². The summed E-state index contributed by atoms with van der Waals surface area (Å²) in [5.74, 6) is -0.718. The highest BCUT2D eigenvalue weighted by Crippen LogP contribution is 2.35. The lowest BCUT2D eigenvalue weighted by Gasteiger charge is -2.26. The number of nitriles is 1. The van der Waals surface area contributed by atoms with Crippen molar-refractivity contribution in [3.8, 4) is 11.8 Å². The molecule has 9 heteroatoms. The fraction of sp³-hybridized carbons (Fsp3) is 0.160. The number of nitrogens with one attached hydrogen (secondary N) is 2. The van der Waals surface area contributed by atoms with Gasteiger partial charge in [-0.15, -0.1) is 0 Å². The molecule has 0 aromatic heterocycles. The zero-order valence-electron chi connectivity index (χ0n) is 18.3. The normalized spacial score (nSPS) is 12.6. The Labute approximate surface area is 195 Å². The molecule has 0 saturated carbocycles. The van der Waals surface area contributed by atoms with E-state index >= 15 is 0 Å².